The molecule has 2 aromatic rings. The smallest absolute Gasteiger partial charge is 0.277 e. The van der Waals surface area contributed by atoms with Crippen LogP contribution in [0.3, 0.4) is 0 Å². The van der Waals surface area contributed by atoms with E-state index in [0.717, 1.165) is 12.1 Å². The van der Waals surface area contributed by atoms with Crippen LogP contribution in [-0.4, -0.2) is 24.2 Å². The van der Waals surface area contributed by atoms with Gasteiger partial charge in [-0.2, -0.15) is 0 Å². The molecule has 26 heavy (non-hydrogen) atoms. The van der Waals surface area contributed by atoms with Crippen LogP contribution in [0.5, 0.6) is 0 Å². The summed E-state index contributed by atoms with van der Waals surface area (Å²) in [6.45, 7) is 0.232. The maximum absolute atomic E-state index is 14.0. The minimum Gasteiger partial charge on any atom is -0.396 e. The molecule has 0 saturated carbocycles. The van der Waals surface area contributed by atoms with Gasteiger partial charge < -0.3 is 10.4 Å². The second kappa shape index (κ2) is 10.0. The highest BCUT2D eigenvalue weighted by Gasteiger charge is 2.17. The van der Waals surface area contributed by atoms with Gasteiger partial charge in [-0.1, -0.05) is 11.6 Å². The van der Waals surface area contributed by atoms with Crippen molar-refractivity contribution in [1.29, 1.82) is 0 Å². The molecule has 0 aromatic heterocycles. The summed E-state index contributed by atoms with van der Waals surface area (Å²) in [5.41, 5.74) is 2.35. The van der Waals surface area contributed by atoms with E-state index in [-0.39, 0.29) is 35.2 Å². The first-order valence-electron chi connectivity index (χ1n) is 7.66. The van der Waals surface area contributed by atoms with Crippen molar-refractivity contribution in [3.05, 3.63) is 56.1 Å². The van der Waals surface area contributed by atoms with Crippen LogP contribution < -0.4 is 10.8 Å². The number of unbranched alkanes of at least 4 members (excludes halogenated alkanes) is 1. The fourth-order valence-corrected chi connectivity index (χ4v) is 2.65. The van der Waals surface area contributed by atoms with Crippen molar-refractivity contribution in [2.45, 2.75) is 12.8 Å². The number of carbonyl (C=O) groups excluding carboxylic acids is 1. The average molecular weight is 497 g/mol. The monoisotopic (exact) mass is 496 g/mol. The van der Waals surface area contributed by atoms with Gasteiger partial charge >= 0.3 is 0 Å². The summed E-state index contributed by atoms with van der Waals surface area (Å²) in [5.74, 6) is -1.95. The fraction of sp³-hybridized carbons (Fsp3) is 0.235. The van der Waals surface area contributed by atoms with Crippen molar-refractivity contribution in [3.63, 3.8) is 0 Å². The normalized spacial score (nSPS) is 10.7. The van der Waals surface area contributed by atoms with Crippen molar-refractivity contribution in [2.24, 2.45) is 0 Å². The van der Waals surface area contributed by atoms with Crippen LogP contribution in [-0.2, 0) is 4.84 Å². The van der Waals surface area contributed by atoms with Gasteiger partial charge in [0.2, 0.25) is 0 Å². The van der Waals surface area contributed by atoms with Gasteiger partial charge in [-0.3, -0.25) is 9.63 Å². The second-order valence-corrected chi connectivity index (χ2v) is 6.92. The minimum absolute atomic E-state index is 0.00323. The van der Waals surface area contributed by atoms with Crippen molar-refractivity contribution in [2.75, 3.05) is 18.5 Å². The summed E-state index contributed by atoms with van der Waals surface area (Å²) in [4.78, 5) is 17.3. The maximum atomic E-state index is 14.0. The Morgan fingerprint density at radius 3 is 2.62 bits per heavy atom. The molecule has 9 heteroatoms. The lowest BCUT2D eigenvalue weighted by atomic mass is 10.1. The van der Waals surface area contributed by atoms with Crippen LogP contribution in [0.1, 0.15) is 23.2 Å². The van der Waals surface area contributed by atoms with Crippen molar-refractivity contribution in [3.8, 4) is 0 Å². The number of hydrogen-bond acceptors (Lipinski definition) is 4. The highest BCUT2D eigenvalue weighted by atomic mass is 127. The van der Waals surface area contributed by atoms with E-state index in [4.69, 9.17) is 21.5 Å². The van der Waals surface area contributed by atoms with Crippen LogP contribution in [0.25, 0.3) is 0 Å². The molecular formula is C17H16ClF2IN2O3. The topological polar surface area (TPSA) is 70.6 Å². The first kappa shape index (κ1) is 20.8. The van der Waals surface area contributed by atoms with Gasteiger partial charge in [0, 0.05) is 10.2 Å². The molecule has 2 aromatic carbocycles. The summed E-state index contributed by atoms with van der Waals surface area (Å²) in [5, 5.41) is 11.1. The zero-order valence-corrected chi connectivity index (χ0v) is 16.4. The SMILES string of the molecule is O=C(NOCCCCO)c1cc(Cl)c(F)cc1Nc1ccc(I)cc1F. The number of hydroxylamine groups is 1. The molecule has 0 bridgehead atoms. The Hall–Kier alpha value is -1.49. The summed E-state index contributed by atoms with van der Waals surface area (Å²) < 4.78 is 28.6. The molecule has 140 valence electrons. The van der Waals surface area contributed by atoms with Gasteiger partial charge in [-0.25, -0.2) is 14.3 Å². The quantitative estimate of drug-likeness (QED) is 0.288. The number of nitrogens with one attached hydrogen (secondary N) is 2. The maximum Gasteiger partial charge on any atom is 0.277 e. The Morgan fingerprint density at radius 1 is 1.15 bits per heavy atom. The fourth-order valence-electron chi connectivity index (χ4n) is 2.03. The molecule has 0 fully saturated rings. The zero-order chi connectivity index (χ0) is 19.1. The molecule has 0 heterocycles. The van der Waals surface area contributed by atoms with E-state index in [2.05, 4.69) is 10.8 Å². The largest absolute Gasteiger partial charge is 0.396 e. The summed E-state index contributed by atoms with van der Waals surface area (Å²) >= 11 is 7.72. The molecule has 2 rings (SSSR count). The van der Waals surface area contributed by atoms with E-state index in [1.807, 2.05) is 22.6 Å². The number of rotatable bonds is 8. The van der Waals surface area contributed by atoms with E-state index in [0.29, 0.717) is 16.4 Å². The number of carbonyl (C=O) groups is 1. The molecule has 0 aliphatic carbocycles. The van der Waals surface area contributed by atoms with Crippen molar-refractivity contribution >= 4 is 51.5 Å². The van der Waals surface area contributed by atoms with Crippen LogP contribution in [0.15, 0.2) is 30.3 Å². The third kappa shape index (κ3) is 5.76. The van der Waals surface area contributed by atoms with E-state index in [1.165, 1.54) is 12.1 Å². The molecule has 1 amide bonds. The molecule has 3 N–H and O–H groups in total. The van der Waals surface area contributed by atoms with Gasteiger partial charge in [-0.15, -0.1) is 0 Å². The van der Waals surface area contributed by atoms with E-state index < -0.39 is 17.5 Å². The Bertz CT molecular complexity index is 793. The molecular weight excluding hydrogens is 481 g/mol. The van der Waals surface area contributed by atoms with Crippen LogP contribution in [0.2, 0.25) is 5.02 Å². The average Bonchev–Trinajstić information content (AvgIpc) is 2.60. The second-order valence-electron chi connectivity index (χ2n) is 5.27. The Kier molecular flexibility index (Phi) is 8.01. The molecule has 0 saturated heterocycles. The van der Waals surface area contributed by atoms with E-state index in [1.54, 1.807) is 6.07 Å². The molecule has 0 aliphatic heterocycles. The lowest BCUT2D eigenvalue weighted by molar-refractivity contribution is 0.0289. The van der Waals surface area contributed by atoms with Gasteiger partial charge in [-0.05, 0) is 65.8 Å². The highest BCUT2D eigenvalue weighted by Crippen LogP contribution is 2.28. The lowest BCUT2D eigenvalue weighted by Gasteiger charge is -2.14. The van der Waals surface area contributed by atoms with Crippen LogP contribution in [0, 0.1) is 15.2 Å². The number of amides is 1. The first-order chi connectivity index (χ1) is 12.4. The summed E-state index contributed by atoms with van der Waals surface area (Å²) in [7, 11) is 0. The van der Waals surface area contributed by atoms with Crippen molar-refractivity contribution in [1.82, 2.24) is 5.48 Å². The van der Waals surface area contributed by atoms with E-state index in [9.17, 15) is 13.6 Å². The number of halogens is 4. The molecule has 0 atom stereocenters. The molecule has 0 radical (unpaired) electrons. The number of aliphatic hydroxyl groups excluding tert-OH is 1. The molecule has 0 aliphatic rings. The van der Waals surface area contributed by atoms with Crippen molar-refractivity contribution < 1.29 is 23.5 Å². The number of anilines is 2. The van der Waals surface area contributed by atoms with Gasteiger partial charge in [0.05, 0.1) is 28.6 Å². The summed E-state index contributed by atoms with van der Waals surface area (Å²) in [6.07, 6.45) is 1.09. The number of hydrogen-bond donors (Lipinski definition) is 3. The molecule has 0 unspecified atom stereocenters. The minimum atomic E-state index is -0.750. The predicted molar refractivity (Wildman–Crippen MR) is 104 cm³/mol. The Balaban J connectivity index is 2.20. The standard InChI is InChI=1S/C17H16ClF2IN2O3/c18-12-8-11(17(25)23-26-6-2-1-5-24)16(9-13(12)19)22-15-4-3-10(21)7-14(15)20/h3-4,7-9,22,24H,1-2,5-6H2,(H,23,25). The van der Waals surface area contributed by atoms with Crippen LogP contribution >= 0.6 is 34.2 Å². The molecule has 5 nitrogen and oxygen atoms in total. The lowest BCUT2D eigenvalue weighted by Crippen LogP contribution is -2.25. The van der Waals surface area contributed by atoms with Gasteiger partial charge in [0.15, 0.2) is 0 Å². The molecule has 0 spiro atoms. The van der Waals surface area contributed by atoms with Gasteiger partial charge in [0.1, 0.15) is 11.6 Å². The number of benzene rings is 2. The van der Waals surface area contributed by atoms with E-state index >= 15 is 0 Å². The Labute approximate surface area is 167 Å². The van der Waals surface area contributed by atoms with Gasteiger partial charge in [0.25, 0.3) is 5.91 Å². The Morgan fingerprint density at radius 2 is 1.92 bits per heavy atom. The number of aliphatic hydroxyl groups is 1. The third-order valence-electron chi connectivity index (χ3n) is 3.32. The first-order valence-corrected chi connectivity index (χ1v) is 9.12. The zero-order valence-electron chi connectivity index (χ0n) is 13.5. The van der Waals surface area contributed by atoms with Crippen LogP contribution in [0.4, 0.5) is 20.2 Å². The summed E-state index contributed by atoms with van der Waals surface area (Å²) in [6, 6.07) is 6.61. The predicted octanol–water partition coefficient (Wildman–Crippen LogP) is 4.40. The highest BCUT2D eigenvalue weighted by molar-refractivity contribution is 14.1. The third-order valence-corrected chi connectivity index (χ3v) is 4.29.